The van der Waals surface area contributed by atoms with Crippen molar-refractivity contribution in [3.05, 3.63) is 28.2 Å². The second-order valence-corrected chi connectivity index (χ2v) is 7.56. The zero-order valence-electron chi connectivity index (χ0n) is 12.2. The number of carbonyl (C=O) groups is 2. The summed E-state index contributed by atoms with van der Waals surface area (Å²) in [5.74, 6) is -0.452. The highest BCUT2D eigenvalue weighted by Crippen LogP contribution is 2.60. The van der Waals surface area contributed by atoms with Gasteiger partial charge in [-0.1, -0.05) is 44.0 Å². The normalized spacial score (nSPS) is 30.9. The Hall–Kier alpha value is -1.06. The van der Waals surface area contributed by atoms with Crippen molar-refractivity contribution >= 4 is 40.7 Å². The standard InChI is InChI=1S/C16H17Cl2NO2/c1-15(2)10-6-7-16(15,3)14(21)19(13(10)20)12-5-4-9(17)8-11(12)18/h4-5,8,10H,6-7H2,1-3H3/t10-,16-/m1/s1. The molecule has 1 aromatic carbocycles. The van der Waals surface area contributed by atoms with Crippen LogP contribution >= 0.6 is 23.2 Å². The Balaban J connectivity index is 2.13. The van der Waals surface area contributed by atoms with E-state index in [9.17, 15) is 9.59 Å². The van der Waals surface area contributed by atoms with E-state index >= 15 is 0 Å². The van der Waals surface area contributed by atoms with E-state index in [0.717, 1.165) is 12.8 Å². The average Bonchev–Trinajstić information content (AvgIpc) is 2.57. The molecule has 0 radical (unpaired) electrons. The van der Waals surface area contributed by atoms with E-state index in [0.29, 0.717) is 15.7 Å². The zero-order valence-corrected chi connectivity index (χ0v) is 13.8. The molecule has 0 N–H and O–H groups in total. The first-order valence-corrected chi connectivity index (χ1v) is 7.79. The van der Waals surface area contributed by atoms with Gasteiger partial charge in [-0.2, -0.15) is 0 Å². The van der Waals surface area contributed by atoms with Crippen molar-refractivity contribution in [1.29, 1.82) is 0 Å². The maximum atomic E-state index is 13.0. The molecule has 1 saturated heterocycles. The molecule has 1 aliphatic carbocycles. The molecule has 1 saturated carbocycles. The first-order valence-electron chi connectivity index (χ1n) is 7.03. The number of nitrogens with zero attached hydrogens (tertiary/aromatic N) is 1. The molecule has 2 aliphatic rings. The number of halogens is 2. The SMILES string of the molecule is CC1(C)[C@@H]2CC[C@]1(C)C(=O)N(c1ccc(Cl)cc1Cl)C2=O. The van der Waals surface area contributed by atoms with Crippen LogP contribution in [0.25, 0.3) is 0 Å². The molecule has 1 heterocycles. The molecule has 3 rings (SSSR count). The van der Waals surface area contributed by atoms with Crippen LogP contribution in [0.5, 0.6) is 0 Å². The van der Waals surface area contributed by atoms with Gasteiger partial charge in [0.05, 0.1) is 16.1 Å². The number of carbonyl (C=O) groups excluding carboxylic acids is 2. The van der Waals surface area contributed by atoms with E-state index < -0.39 is 5.41 Å². The minimum absolute atomic E-state index is 0.146. The average molecular weight is 326 g/mol. The summed E-state index contributed by atoms with van der Waals surface area (Å²) in [6, 6.07) is 4.85. The third kappa shape index (κ3) is 1.80. The van der Waals surface area contributed by atoms with Crippen molar-refractivity contribution in [2.24, 2.45) is 16.7 Å². The molecule has 3 nitrogen and oxygen atoms in total. The van der Waals surface area contributed by atoms with Crippen molar-refractivity contribution in [3.8, 4) is 0 Å². The van der Waals surface area contributed by atoms with Crippen LogP contribution < -0.4 is 4.90 Å². The summed E-state index contributed by atoms with van der Waals surface area (Å²) in [4.78, 5) is 27.1. The van der Waals surface area contributed by atoms with Gasteiger partial charge in [-0.3, -0.25) is 9.59 Å². The molecule has 21 heavy (non-hydrogen) atoms. The van der Waals surface area contributed by atoms with Crippen LogP contribution in [0.3, 0.4) is 0 Å². The number of piperidine rings is 1. The fourth-order valence-corrected chi connectivity index (χ4v) is 4.20. The predicted molar refractivity (Wildman–Crippen MR) is 83.6 cm³/mol. The number of hydrogen-bond acceptors (Lipinski definition) is 2. The van der Waals surface area contributed by atoms with Crippen molar-refractivity contribution < 1.29 is 9.59 Å². The van der Waals surface area contributed by atoms with Gasteiger partial charge in [0.25, 0.3) is 0 Å². The van der Waals surface area contributed by atoms with Crippen LogP contribution in [0.4, 0.5) is 5.69 Å². The number of benzene rings is 1. The van der Waals surface area contributed by atoms with Crippen molar-refractivity contribution in [2.75, 3.05) is 4.90 Å². The van der Waals surface area contributed by atoms with Crippen molar-refractivity contribution in [2.45, 2.75) is 33.6 Å². The number of fused-ring (bicyclic) bond motifs is 2. The van der Waals surface area contributed by atoms with Crippen LogP contribution in [-0.2, 0) is 9.59 Å². The van der Waals surface area contributed by atoms with Crippen LogP contribution in [0.1, 0.15) is 33.6 Å². The quantitative estimate of drug-likeness (QED) is 0.721. The number of rotatable bonds is 1. The molecule has 2 fully saturated rings. The molecule has 2 atom stereocenters. The highest BCUT2D eigenvalue weighted by Gasteiger charge is 2.64. The molecule has 5 heteroatoms. The zero-order chi connectivity index (χ0) is 15.6. The van der Waals surface area contributed by atoms with Crippen LogP contribution in [0.15, 0.2) is 18.2 Å². The maximum absolute atomic E-state index is 13.0. The van der Waals surface area contributed by atoms with E-state index in [1.54, 1.807) is 18.2 Å². The van der Waals surface area contributed by atoms with Gasteiger partial charge < -0.3 is 0 Å². The minimum Gasteiger partial charge on any atom is -0.274 e. The number of anilines is 1. The van der Waals surface area contributed by atoms with E-state index in [2.05, 4.69) is 0 Å². The molecule has 112 valence electrons. The third-order valence-corrected chi connectivity index (χ3v) is 6.11. The largest absolute Gasteiger partial charge is 0.274 e. The molecule has 0 aromatic heterocycles. The number of hydrogen-bond donors (Lipinski definition) is 0. The van der Waals surface area contributed by atoms with Gasteiger partial charge >= 0.3 is 0 Å². The highest BCUT2D eigenvalue weighted by atomic mass is 35.5. The summed E-state index contributed by atoms with van der Waals surface area (Å²) in [6.07, 6.45) is 1.48. The lowest BCUT2D eigenvalue weighted by atomic mass is 9.62. The lowest BCUT2D eigenvalue weighted by molar-refractivity contribution is -0.146. The molecule has 2 bridgehead atoms. The maximum Gasteiger partial charge on any atom is 0.240 e. The summed E-state index contributed by atoms with van der Waals surface area (Å²) in [5.41, 5.74) is -0.421. The van der Waals surface area contributed by atoms with Gasteiger partial charge in [0.2, 0.25) is 11.8 Å². The second-order valence-electron chi connectivity index (χ2n) is 6.72. The summed E-state index contributed by atoms with van der Waals surface area (Å²) in [5, 5.41) is 0.807. The highest BCUT2D eigenvalue weighted by molar-refractivity contribution is 6.38. The summed E-state index contributed by atoms with van der Waals surface area (Å²) in [7, 11) is 0. The Morgan fingerprint density at radius 2 is 1.86 bits per heavy atom. The summed E-state index contributed by atoms with van der Waals surface area (Å²) < 4.78 is 0. The molecule has 0 unspecified atom stereocenters. The number of imide groups is 1. The van der Waals surface area contributed by atoms with Gasteiger partial charge in [-0.25, -0.2) is 4.90 Å². The Morgan fingerprint density at radius 1 is 1.19 bits per heavy atom. The Labute approximate surface area is 134 Å². The fraction of sp³-hybridized carbons (Fsp3) is 0.500. The fourth-order valence-electron chi connectivity index (χ4n) is 3.71. The predicted octanol–water partition coefficient (Wildman–Crippen LogP) is 4.31. The second kappa shape index (κ2) is 4.47. The Bertz CT molecular complexity index is 656. The van der Waals surface area contributed by atoms with E-state index in [4.69, 9.17) is 23.2 Å². The monoisotopic (exact) mass is 325 g/mol. The smallest absolute Gasteiger partial charge is 0.240 e. The molecule has 0 spiro atoms. The minimum atomic E-state index is -0.533. The lowest BCUT2D eigenvalue weighted by Gasteiger charge is -2.47. The number of amides is 2. The molecular weight excluding hydrogens is 309 g/mol. The van der Waals surface area contributed by atoms with Crippen LogP contribution in [0, 0.1) is 16.7 Å². The first-order chi connectivity index (χ1) is 9.70. The van der Waals surface area contributed by atoms with Crippen LogP contribution in [0.2, 0.25) is 10.0 Å². The Kier molecular flexibility index (Phi) is 3.16. The summed E-state index contributed by atoms with van der Waals surface area (Å²) >= 11 is 12.1. The van der Waals surface area contributed by atoms with E-state index in [1.165, 1.54) is 4.90 Å². The van der Waals surface area contributed by atoms with Gasteiger partial charge in [-0.15, -0.1) is 0 Å². The van der Waals surface area contributed by atoms with Gasteiger partial charge in [0.15, 0.2) is 0 Å². The lowest BCUT2D eigenvalue weighted by Crippen LogP contribution is -2.59. The molecular formula is C16H17Cl2NO2. The molecule has 1 aliphatic heterocycles. The van der Waals surface area contributed by atoms with E-state index in [1.807, 2.05) is 20.8 Å². The van der Waals surface area contributed by atoms with Gasteiger partial charge in [0.1, 0.15) is 0 Å². The van der Waals surface area contributed by atoms with Gasteiger partial charge in [-0.05, 0) is 36.5 Å². The Morgan fingerprint density at radius 3 is 2.48 bits per heavy atom. The summed E-state index contributed by atoms with van der Waals surface area (Å²) in [6.45, 7) is 5.99. The van der Waals surface area contributed by atoms with Crippen LogP contribution in [-0.4, -0.2) is 11.8 Å². The van der Waals surface area contributed by atoms with Crippen molar-refractivity contribution in [1.82, 2.24) is 0 Å². The topological polar surface area (TPSA) is 37.4 Å². The van der Waals surface area contributed by atoms with Gasteiger partial charge in [0, 0.05) is 10.9 Å². The molecule has 2 amide bonds. The van der Waals surface area contributed by atoms with E-state index in [-0.39, 0.29) is 23.1 Å². The first kappa shape index (κ1) is 14.9. The van der Waals surface area contributed by atoms with Crippen molar-refractivity contribution in [3.63, 3.8) is 0 Å². The third-order valence-electron chi connectivity index (χ3n) is 5.57. The molecule has 1 aromatic rings.